The molecular weight excluding hydrogens is 532 g/mol. The lowest BCUT2D eigenvalue weighted by atomic mass is 9.81. The molecule has 194 valence electrons. The Morgan fingerprint density at radius 1 is 1.16 bits per heavy atom. The molecule has 1 aromatic heterocycles. The maximum Gasteiger partial charge on any atom is 0.243 e. The number of rotatable bonds is 6. The quantitative estimate of drug-likeness (QED) is 0.460. The van der Waals surface area contributed by atoms with Gasteiger partial charge in [-0.05, 0) is 35.7 Å². The van der Waals surface area contributed by atoms with Crippen LogP contribution in [0.2, 0.25) is 4.34 Å². The van der Waals surface area contributed by atoms with Crippen molar-refractivity contribution in [1.82, 2.24) is 14.2 Å². The number of anilines is 1. The Morgan fingerprint density at radius 2 is 1.92 bits per heavy atom. The molecule has 3 aromatic rings. The van der Waals surface area contributed by atoms with E-state index in [-0.39, 0.29) is 29.7 Å². The molecule has 2 amide bonds. The lowest BCUT2D eigenvalue weighted by Crippen LogP contribution is -2.40. The number of fused-ring (bicyclic) bond motifs is 2. The van der Waals surface area contributed by atoms with E-state index in [9.17, 15) is 18.0 Å². The second kappa shape index (κ2) is 9.83. The molecule has 1 fully saturated rings. The first-order chi connectivity index (χ1) is 17.6. The molecular formula is C26H27ClN4O4S2. The summed E-state index contributed by atoms with van der Waals surface area (Å²) in [5.41, 5.74) is 1.83. The average Bonchev–Trinajstić information content (AvgIpc) is 3.57. The Kier molecular flexibility index (Phi) is 6.86. The van der Waals surface area contributed by atoms with Crippen molar-refractivity contribution in [2.45, 2.75) is 36.6 Å². The van der Waals surface area contributed by atoms with Crippen LogP contribution < -0.4 is 4.90 Å². The minimum absolute atomic E-state index is 0.0352. The fourth-order valence-electron chi connectivity index (χ4n) is 5.22. The van der Waals surface area contributed by atoms with Crippen LogP contribution in [0.5, 0.6) is 0 Å². The fraction of sp³-hybridized carbons (Fsp3) is 0.346. The van der Waals surface area contributed by atoms with Crippen LogP contribution in [-0.4, -0.2) is 61.1 Å². The monoisotopic (exact) mass is 558 g/mol. The third kappa shape index (κ3) is 4.90. The van der Waals surface area contributed by atoms with Crippen LogP contribution in [0.25, 0.3) is 0 Å². The van der Waals surface area contributed by atoms with Crippen LogP contribution in [-0.2, 0) is 38.0 Å². The minimum atomic E-state index is -3.79. The highest BCUT2D eigenvalue weighted by Gasteiger charge is 2.49. The van der Waals surface area contributed by atoms with Gasteiger partial charge < -0.3 is 9.80 Å². The molecule has 0 aliphatic carbocycles. The predicted molar refractivity (Wildman–Crippen MR) is 143 cm³/mol. The van der Waals surface area contributed by atoms with Gasteiger partial charge in [0, 0.05) is 51.3 Å². The van der Waals surface area contributed by atoms with Gasteiger partial charge in [-0.25, -0.2) is 13.4 Å². The molecule has 1 spiro atoms. The van der Waals surface area contributed by atoms with Gasteiger partial charge in [-0.15, -0.1) is 11.3 Å². The van der Waals surface area contributed by atoms with E-state index < -0.39 is 15.4 Å². The fourth-order valence-corrected chi connectivity index (χ4v) is 7.35. The molecule has 3 heterocycles. The molecule has 5 rings (SSSR count). The number of benzene rings is 2. The van der Waals surface area contributed by atoms with Gasteiger partial charge in [0.15, 0.2) is 0 Å². The van der Waals surface area contributed by atoms with E-state index in [0.717, 1.165) is 11.1 Å². The number of thiazole rings is 1. The van der Waals surface area contributed by atoms with Crippen molar-refractivity contribution in [3.63, 3.8) is 0 Å². The number of hydrogen-bond donors (Lipinski definition) is 0. The first-order valence-corrected chi connectivity index (χ1v) is 14.5. The van der Waals surface area contributed by atoms with Gasteiger partial charge in [-0.2, -0.15) is 4.31 Å². The van der Waals surface area contributed by atoms with Crippen LogP contribution in [0, 0.1) is 0 Å². The van der Waals surface area contributed by atoms with E-state index in [4.69, 9.17) is 11.6 Å². The number of sulfonamides is 1. The zero-order chi connectivity index (χ0) is 26.4. The highest BCUT2D eigenvalue weighted by Crippen LogP contribution is 2.47. The van der Waals surface area contributed by atoms with Gasteiger partial charge in [0.05, 0.1) is 17.5 Å². The molecule has 8 nitrogen and oxygen atoms in total. The molecule has 0 N–H and O–H groups in total. The van der Waals surface area contributed by atoms with Crippen LogP contribution >= 0.6 is 22.9 Å². The number of carbonyl (C=O) groups excluding carboxylic acids is 2. The Balaban J connectivity index is 1.49. The number of nitrogens with zero attached hydrogens (tertiary/aromatic N) is 4. The number of aromatic nitrogens is 1. The molecule has 1 unspecified atom stereocenters. The molecule has 0 saturated carbocycles. The van der Waals surface area contributed by atoms with Gasteiger partial charge in [0.2, 0.25) is 21.8 Å². The number of halogens is 1. The largest absolute Gasteiger partial charge is 0.342 e. The van der Waals surface area contributed by atoms with Crippen LogP contribution in [0.3, 0.4) is 0 Å². The van der Waals surface area contributed by atoms with E-state index in [1.165, 1.54) is 28.8 Å². The SMILES string of the molecule is CC(=O)N1CCC2(C1)CN(C(=O)Cc1ncc(Cl)s1)c1ccc(S(=O)(=O)N(C)Cc3ccccc3)cc12. The molecule has 2 aromatic carbocycles. The average molecular weight is 559 g/mol. The Morgan fingerprint density at radius 3 is 2.57 bits per heavy atom. The summed E-state index contributed by atoms with van der Waals surface area (Å²) < 4.78 is 28.9. The predicted octanol–water partition coefficient (Wildman–Crippen LogP) is 3.70. The van der Waals surface area contributed by atoms with Crippen molar-refractivity contribution in [2.24, 2.45) is 0 Å². The van der Waals surface area contributed by atoms with Crippen molar-refractivity contribution in [1.29, 1.82) is 0 Å². The maximum atomic E-state index is 13.5. The lowest BCUT2D eigenvalue weighted by molar-refractivity contribution is -0.127. The number of hydrogen-bond acceptors (Lipinski definition) is 6. The summed E-state index contributed by atoms with van der Waals surface area (Å²) in [4.78, 5) is 33.4. The zero-order valence-electron chi connectivity index (χ0n) is 20.6. The summed E-state index contributed by atoms with van der Waals surface area (Å²) in [6.45, 7) is 3.15. The van der Waals surface area contributed by atoms with Gasteiger partial charge in [0.25, 0.3) is 0 Å². The lowest BCUT2D eigenvalue weighted by Gasteiger charge is -2.26. The van der Waals surface area contributed by atoms with Crippen molar-refractivity contribution < 1.29 is 18.0 Å². The van der Waals surface area contributed by atoms with Gasteiger partial charge in [-0.3, -0.25) is 9.59 Å². The summed E-state index contributed by atoms with van der Waals surface area (Å²) in [6, 6.07) is 14.4. The molecule has 2 aliphatic rings. The summed E-state index contributed by atoms with van der Waals surface area (Å²) in [5, 5.41) is 0.621. The van der Waals surface area contributed by atoms with E-state index in [1.807, 2.05) is 30.3 Å². The van der Waals surface area contributed by atoms with E-state index >= 15 is 0 Å². The third-order valence-corrected chi connectivity index (χ3v) is 10.1. The Hall–Kier alpha value is -2.79. The molecule has 11 heteroatoms. The van der Waals surface area contributed by atoms with Crippen molar-refractivity contribution >= 4 is 50.5 Å². The Bertz CT molecular complexity index is 1460. The second-order valence-corrected chi connectivity index (χ2v) is 13.4. The standard InChI is InChI=1S/C26H27ClN4O4S2/c1-18(32)30-11-10-26(16-30)17-31(25(33)13-24-28-14-23(27)36-24)22-9-8-20(12-21(22)26)37(34,35)29(2)15-19-6-4-3-5-7-19/h3-9,12,14H,10-11,13,15-17H2,1-2H3. The number of amides is 2. The van der Waals surface area contributed by atoms with E-state index in [2.05, 4.69) is 4.98 Å². The molecule has 1 atom stereocenters. The summed E-state index contributed by atoms with van der Waals surface area (Å²) in [6.07, 6.45) is 2.28. The van der Waals surface area contributed by atoms with E-state index in [0.29, 0.717) is 41.1 Å². The molecule has 0 radical (unpaired) electrons. The topological polar surface area (TPSA) is 90.9 Å². The summed E-state index contributed by atoms with van der Waals surface area (Å²) >= 11 is 7.26. The molecule has 1 saturated heterocycles. The molecule has 2 aliphatic heterocycles. The van der Waals surface area contributed by atoms with E-state index in [1.54, 1.807) is 35.0 Å². The smallest absolute Gasteiger partial charge is 0.243 e. The molecule has 37 heavy (non-hydrogen) atoms. The minimum Gasteiger partial charge on any atom is -0.342 e. The van der Waals surface area contributed by atoms with Crippen LogP contribution in [0.1, 0.15) is 29.5 Å². The van der Waals surface area contributed by atoms with Crippen molar-refractivity contribution in [3.05, 3.63) is 75.2 Å². The van der Waals surface area contributed by atoms with Crippen LogP contribution in [0.4, 0.5) is 5.69 Å². The van der Waals surface area contributed by atoms with Gasteiger partial charge in [-0.1, -0.05) is 41.9 Å². The number of likely N-dealkylation sites (tertiary alicyclic amines) is 1. The first kappa shape index (κ1) is 25.8. The summed E-state index contributed by atoms with van der Waals surface area (Å²) in [7, 11) is -2.23. The second-order valence-electron chi connectivity index (χ2n) is 9.61. The third-order valence-electron chi connectivity index (χ3n) is 7.18. The van der Waals surface area contributed by atoms with Crippen LogP contribution in [0.15, 0.2) is 59.6 Å². The first-order valence-electron chi connectivity index (χ1n) is 11.9. The highest BCUT2D eigenvalue weighted by molar-refractivity contribution is 7.89. The Labute approximate surface area is 225 Å². The van der Waals surface area contributed by atoms with Crippen molar-refractivity contribution in [2.75, 3.05) is 31.6 Å². The highest BCUT2D eigenvalue weighted by atomic mass is 35.5. The van der Waals surface area contributed by atoms with Crippen molar-refractivity contribution in [3.8, 4) is 0 Å². The van der Waals surface area contributed by atoms with Gasteiger partial charge in [0.1, 0.15) is 9.34 Å². The maximum absolute atomic E-state index is 13.5. The molecule has 0 bridgehead atoms. The number of carbonyl (C=O) groups is 2. The summed E-state index contributed by atoms with van der Waals surface area (Å²) in [5.74, 6) is -0.172. The normalized spacial score (nSPS) is 19.1. The van der Waals surface area contributed by atoms with Gasteiger partial charge >= 0.3 is 0 Å². The zero-order valence-corrected chi connectivity index (χ0v) is 22.9.